The summed E-state index contributed by atoms with van der Waals surface area (Å²) in [5.74, 6) is 1.22. The average molecular weight is 411 g/mol. The molecular formula is C24H30N2O4. The van der Waals surface area contributed by atoms with Gasteiger partial charge in [-0.2, -0.15) is 0 Å². The zero-order chi connectivity index (χ0) is 21.5. The second-order valence-electron chi connectivity index (χ2n) is 7.58. The maximum atomic E-state index is 13.0. The summed E-state index contributed by atoms with van der Waals surface area (Å²) in [6, 6.07) is 13.5. The molecule has 0 radical (unpaired) electrons. The highest BCUT2D eigenvalue weighted by molar-refractivity contribution is 5.95. The summed E-state index contributed by atoms with van der Waals surface area (Å²) in [5, 5.41) is 0. The summed E-state index contributed by atoms with van der Waals surface area (Å²) in [6.07, 6.45) is 2.01. The van der Waals surface area contributed by atoms with E-state index in [1.165, 1.54) is 11.1 Å². The summed E-state index contributed by atoms with van der Waals surface area (Å²) >= 11 is 0. The number of nitrogens with zero attached hydrogens (tertiary/aromatic N) is 2. The first kappa shape index (κ1) is 21.7. The van der Waals surface area contributed by atoms with Gasteiger partial charge in [-0.25, -0.2) is 0 Å². The van der Waals surface area contributed by atoms with Gasteiger partial charge in [-0.1, -0.05) is 29.8 Å². The number of methoxy groups -OCH3 is 2. The third-order valence-corrected chi connectivity index (χ3v) is 5.51. The first-order valence-electron chi connectivity index (χ1n) is 10.4. The number of carbonyl (C=O) groups excluding carboxylic acids is 2. The Morgan fingerprint density at radius 1 is 0.867 bits per heavy atom. The first-order chi connectivity index (χ1) is 14.5. The molecule has 1 aliphatic heterocycles. The lowest BCUT2D eigenvalue weighted by Gasteiger charge is -2.22. The SMILES string of the molecule is COc1ccc(C(=O)N2CCCN(C(=O)CCc3ccc(C)cc3)CC2)cc1OC. The average Bonchev–Trinajstić information content (AvgIpc) is 3.04. The fourth-order valence-corrected chi connectivity index (χ4v) is 3.69. The molecule has 0 unspecified atom stereocenters. The zero-order valence-corrected chi connectivity index (χ0v) is 18.0. The summed E-state index contributed by atoms with van der Waals surface area (Å²) in [4.78, 5) is 29.3. The van der Waals surface area contributed by atoms with Gasteiger partial charge in [0.1, 0.15) is 0 Å². The summed E-state index contributed by atoms with van der Waals surface area (Å²) in [7, 11) is 3.12. The minimum atomic E-state index is -0.0510. The van der Waals surface area contributed by atoms with Crippen molar-refractivity contribution in [2.75, 3.05) is 40.4 Å². The largest absolute Gasteiger partial charge is 0.493 e. The van der Waals surface area contributed by atoms with Crippen LogP contribution >= 0.6 is 0 Å². The van der Waals surface area contributed by atoms with Crippen molar-refractivity contribution in [2.24, 2.45) is 0 Å². The van der Waals surface area contributed by atoms with Gasteiger partial charge < -0.3 is 19.3 Å². The molecule has 6 heteroatoms. The molecule has 0 saturated carbocycles. The second-order valence-corrected chi connectivity index (χ2v) is 7.58. The molecule has 1 saturated heterocycles. The normalized spacial score (nSPS) is 14.2. The van der Waals surface area contributed by atoms with Crippen LogP contribution in [0.15, 0.2) is 42.5 Å². The van der Waals surface area contributed by atoms with Crippen molar-refractivity contribution < 1.29 is 19.1 Å². The summed E-state index contributed by atoms with van der Waals surface area (Å²) < 4.78 is 10.6. The van der Waals surface area contributed by atoms with Gasteiger partial charge in [-0.3, -0.25) is 9.59 Å². The summed E-state index contributed by atoms with van der Waals surface area (Å²) in [5.41, 5.74) is 2.96. The molecule has 0 N–H and O–H groups in total. The smallest absolute Gasteiger partial charge is 0.254 e. The number of rotatable bonds is 6. The van der Waals surface area contributed by atoms with Crippen LogP contribution in [0.5, 0.6) is 11.5 Å². The Hall–Kier alpha value is -3.02. The van der Waals surface area contributed by atoms with Crippen LogP contribution in [0, 0.1) is 6.92 Å². The quantitative estimate of drug-likeness (QED) is 0.733. The molecule has 2 amide bonds. The molecule has 0 bridgehead atoms. The van der Waals surface area contributed by atoms with Crippen LogP contribution in [0.4, 0.5) is 0 Å². The van der Waals surface area contributed by atoms with E-state index in [-0.39, 0.29) is 11.8 Å². The third kappa shape index (κ3) is 5.32. The van der Waals surface area contributed by atoms with E-state index in [2.05, 4.69) is 31.2 Å². The fourth-order valence-electron chi connectivity index (χ4n) is 3.69. The number of carbonyl (C=O) groups is 2. The highest BCUT2D eigenvalue weighted by atomic mass is 16.5. The van der Waals surface area contributed by atoms with E-state index >= 15 is 0 Å². The maximum Gasteiger partial charge on any atom is 0.254 e. The fraction of sp³-hybridized carbons (Fsp3) is 0.417. The van der Waals surface area contributed by atoms with Gasteiger partial charge in [0, 0.05) is 38.2 Å². The number of aryl methyl sites for hydroxylation is 2. The lowest BCUT2D eigenvalue weighted by atomic mass is 10.1. The molecule has 2 aromatic rings. The topological polar surface area (TPSA) is 59.1 Å². The Balaban J connectivity index is 1.56. The van der Waals surface area contributed by atoms with Gasteiger partial charge in [0.15, 0.2) is 11.5 Å². The number of hydrogen-bond donors (Lipinski definition) is 0. The van der Waals surface area contributed by atoms with Gasteiger partial charge in [0.25, 0.3) is 5.91 Å². The Morgan fingerprint density at radius 2 is 1.53 bits per heavy atom. The number of hydrogen-bond acceptors (Lipinski definition) is 4. The Bertz CT molecular complexity index is 879. The monoisotopic (exact) mass is 410 g/mol. The van der Waals surface area contributed by atoms with Crippen LogP contribution in [-0.2, 0) is 11.2 Å². The zero-order valence-electron chi connectivity index (χ0n) is 18.0. The Morgan fingerprint density at radius 3 is 2.23 bits per heavy atom. The predicted molar refractivity (Wildman–Crippen MR) is 116 cm³/mol. The second kappa shape index (κ2) is 10.1. The highest BCUT2D eigenvalue weighted by Gasteiger charge is 2.23. The molecule has 30 heavy (non-hydrogen) atoms. The van der Waals surface area contributed by atoms with Crippen molar-refractivity contribution in [1.82, 2.24) is 9.80 Å². The summed E-state index contributed by atoms with van der Waals surface area (Å²) in [6.45, 7) is 4.47. The molecule has 6 nitrogen and oxygen atoms in total. The van der Waals surface area contributed by atoms with Gasteiger partial charge in [0.2, 0.25) is 5.91 Å². The molecule has 1 fully saturated rings. The van der Waals surface area contributed by atoms with Crippen LogP contribution in [0.3, 0.4) is 0 Å². The lowest BCUT2D eigenvalue weighted by Crippen LogP contribution is -2.37. The molecule has 3 rings (SSSR count). The van der Waals surface area contributed by atoms with Gasteiger partial charge >= 0.3 is 0 Å². The highest BCUT2D eigenvalue weighted by Crippen LogP contribution is 2.28. The van der Waals surface area contributed by atoms with Crippen molar-refractivity contribution >= 4 is 11.8 Å². The lowest BCUT2D eigenvalue weighted by molar-refractivity contribution is -0.131. The van der Waals surface area contributed by atoms with E-state index < -0.39 is 0 Å². The van der Waals surface area contributed by atoms with E-state index in [1.54, 1.807) is 32.4 Å². The van der Waals surface area contributed by atoms with Crippen molar-refractivity contribution in [3.05, 3.63) is 59.2 Å². The Labute approximate surface area is 178 Å². The van der Waals surface area contributed by atoms with Crippen LogP contribution in [0.1, 0.15) is 34.3 Å². The number of benzene rings is 2. The molecule has 0 aromatic heterocycles. The molecule has 0 atom stereocenters. The first-order valence-corrected chi connectivity index (χ1v) is 10.4. The van der Waals surface area contributed by atoms with E-state index in [0.29, 0.717) is 49.7 Å². The predicted octanol–water partition coefficient (Wildman–Crippen LogP) is 3.32. The molecular weight excluding hydrogens is 380 g/mol. The van der Waals surface area contributed by atoms with Crippen molar-refractivity contribution in [2.45, 2.75) is 26.2 Å². The van der Waals surface area contributed by atoms with Gasteiger partial charge in [-0.05, 0) is 43.5 Å². The standard InChI is InChI=1S/C24H30N2O4/c1-18-5-7-19(8-6-18)9-12-23(27)25-13-4-14-26(16-15-25)24(28)20-10-11-21(29-2)22(17-20)30-3/h5-8,10-11,17H,4,9,12-16H2,1-3H3. The number of ether oxygens (including phenoxy) is 2. The van der Waals surface area contributed by atoms with E-state index in [0.717, 1.165) is 12.8 Å². The van der Waals surface area contributed by atoms with Crippen LogP contribution in [-0.4, -0.2) is 62.0 Å². The van der Waals surface area contributed by atoms with Crippen molar-refractivity contribution in [3.8, 4) is 11.5 Å². The minimum Gasteiger partial charge on any atom is -0.493 e. The van der Waals surface area contributed by atoms with Gasteiger partial charge in [-0.15, -0.1) is 0 Å². The molecule has 1 heterocycles. The molecule has 1 aliphatic rings. The van der Waals surface area contributed by atoms with Gasteiger partial charge in [0.05, 0.1) is 14.2 Å². The van der Waals surface area contributed by atoms with Crippen LogP contribution < -0.4 is 9.47 Å². The van der Waals surface area contributed by atoms with Crippen LogP contribution in [0.2, 0.25) is 0 Å². The third-order valence-electron chi connectivity index (χ3n) is 5.51. The van der Waals surface area contributed by atoms with Crippen molar-refractivity contribution in [3.63, 3.8) is 0 Å². The van der Waals surface area contributed by atoms with E-state index in [1.807, 2.05) is 9.80 Å². The molecule has 0 spiro atoms. The maximum absolute atomic E-state index is 13.0. The van der Waals surface area contributed by atoms with Crippen molar-refractivity contribution in [1.29, 1.82) is 0 Å². The number of amides is 2. The molecule has 160 valence electrons. The molecule has 0 aliphatic carbocycles. The van der Waals surface area contributed by atoms with E-state index in [9.17, 15) is 9.59 Å². The Kier molecular flexibility index (Phi) is 7.33. The molecule has 2 aromatic carbocycles. The minimum absolute atomic E-state index is 0.0510. The van der Waals surface area contributed by atoms with Crippen LogP contribution in [0.25, 0.3) is 0 Å². The van der Waals surface area contributed by atoms with E-state index in [4.69, 9.17) is 9.47 Å².